The minimum absolute atomic E-state index is 0.276. The molecule has 0 aliphatic heterocycles. The predicted octanol–water partition coefficient (Wildman–Crippen LogP) is 2.57. The van der Waals surface area contributed by atoms with Crippen molar-refractivity contribution in [3.8, 4) is 5.69 Å². The van der Waals surface area contributed by atoms with E-state index in [1.165, 1.54) is 0 Å². The fourth-order valence-corrected chi connectivity index (χ4v) is 4.05. The van der Waals surface area contributed by atoms with Crippen molar-refractivity contribution in [2.45, 2.75) is 20.4 Å². The van der Waals surface area contributed by atoms with E-state index >= 15 is 0 Å². The monoisotopic (exact) mass is 412 g/mol. The lowest BCUT2D eigenvalue weighted by atomic mass is 10.1. The highest BCUT2D eigenvalue weighted by molar-refractivity contribution is 7.92. The number of hydrogen-bond acceptors (Lipinski definition) is 4. The normalized spacial score (nSPS) is 11.3. The van der Waals surface area contributed by atoms with Crippen molar-refractivity contribution in [2.24, 2.45) is 0 Å². The molecule has 0 spiro atoms. The van der Waals surface area contributed by atoms with Crippen LogP contribution in [0.25, 0.3) is 5.69 Å². The summed E-state index contributed by atoms with van der Waals surface area (Å²) in [4.78, 5) is 16.8. The van der Waals surface area contributed by atoms with Crippen LogP contribution in [0.3, 0.4) is 0 Å². The second-order valence-electron chi connectivity index (χ2n) is 6.81. The molecule has 0 saturated carbocycles. The van der Waals surface area contributed by atoms with Crippen molar-refractivity contribution in [3.63, 3.8) is 0 Å². The number of imidazole rings is 1. The molecule has 29 heavy (non-hydrogen) atoms. The van der Waals surface area contributed by atoms with E-state index < -0.39 is 10.0 Å². The minimum Gasteiger partial charge on any atom is -0.350 e. The Balaban J connectivity index is 1.76. The van der Waals surface area contributed by atoms with Gasteiger partial charge >= 0.3 is 0 Å². The van der Waals surface area contributed by atoms with Gasteiger partial charge in [0.1, 0.15) is 12.4 Å². The molecular formula is C21H24N4O3S. The number of nitrogens with one attached hydrogen (secondary N) is 1. The average molecular weight is 413 g/mol. The Morgan fingerprint density at radius 1 is 1.10 bits per heavy atom. The third-order valence-electron chi connectivity index (χ3n) is 4.62. The van der Waals surface area contributed by atoms with Crippen molar-refractivity contribution in [1.29, 1.82) is 0 Å². The summed E-state index contributed by atoms with van der Waals surface area (Å²) < 4.78 is 27.6. The smallest absolute Gasteiger partial charge is 0.241 e. The van der Waals surface area contributed by atoms with Crippen LogP contribution >= 0.6 is 0 Å². The fourth-order valence-electron chi connectivity index (χ4n) is 3.13. The lowest BCUT2D eigenvalue weighted by Gasteiger charge is -2.23. The zero-order chi connectivity index (χ0) is 21.0. The lowest BCUT2D eigenvalue weighted by Crippen LogP contribution is -2.40. The molecule has 0 saturated heterocycles. The number of carbonyl (C=O) groups excluding carboxylic acids is 1. The summed E-state index contributed by atoms with van der Waals surface area (Å²) in [7, 11) is -3.61. The average Bonchev–Trinajstić information content (AvgIpc) is 3.10. The van der Waals surface area contributed by atoms with E-state index in [0.29, 0.717) is 5.69 Å². The molecule has 1 heterocycles. The molecule has 2 aromatic carbocycles. The van der Waals surface area contributed by atoms with Crippen molar-refractivity contribution in [2.75, 3.05) is 17.1 Å². The first kappa shape index (κ1) is 20.6. The van der Waals surface area contributed by atoms with Crippen LogP contribution in [0.15, 0.2) is 60.9 Å². The third kappa shape index (κ3) is 4.83. The summed E-state index contributed by atoms with van der Waals surface area (Å²) in [5.41, 5.74) is 3.11. The van der Waals surface area contributed by atoms with E-state index in [0.717, 1.165) is 33.2 Å². The standard InChI is InChI=1S/C21H24N4O3S/c1-16-8-4-6-10-19(16)25(29(3,27)28)15-21(26)23-14-18-9-5-7-11-20(18)24-13-12-22-17(24)2/h4-13H,14-15H2,1-3H3,(H,23,26). The molecule has 152 valence electrons. The molecule has 3 aromatic rings. The van der Waals surface area contributed by atoms with Crippen molar-refractivity contribution in [1.82, 2.24) is 14.9 Å². The molecule has 0 aliphatic carbocycles. The van der Waals surface area contributed by atoms with Crippen LogP contribution in [0.4, 0.5) is 5.69 Å². The molecule has 0 radical (unpaired) electrons. The fraction of sp³-hybridized carbons (Fsp3) is 0.238. The van der Waals surface area contributed by atoms with Crippen LogP contribution in [-0.2, 0) is 21.4 Å². The molecule has 7 nitrogen and oxygen atoms in total. The number of aromatic nitrogens is 2. The van der Waals surface area contributed by atoms with E-state index in [4.69, 9.17) is 0 Å². The largest absolute Gasteiger partial charge is 0.350 e. The maximum atomic E-state index is 12.6. The minimum atomic E-state index is -3.61. The summed E-state index contributed by atoms with van der Waals surface area (Å²) in [5.74, 6) is 0.461. The summed E-state index contributed by atoms with van der Waals surface area (Å²) in [6.45, 7) is 3.71. The van der Waals surface area contributed by atoms with E-state index in [1.54, 1.807) is 18.3 Å². The molecule has 0 aliphatic rings. The molecule has 0 bridgehead atoms. The number of anilines is 1. The highest BCUT2D eigenvalue weighted by Gasteiger charge is 2.22. The molecule has 1 amide bonds. The van der Waals surface area contributed by atoms with Crippen molar-refractivity contribution >= 4 is 21.6 Å². The summed E-state index contributed by atoms with van der Waals surface area (Å²) in [5, 5.41) is 2.83. The number of rotatable bonds is 7. The van der Waals surface area contributed by atoms with Gasteiger partial charge in [0.15, 0.2) is 0 Å². The number of hydrogen-bond donors (Lipinski definition) is 1. The maximum absolute atomic E-state index is 12.6. The molecule has 1 N–H and O–H groups in total. The van der Waals surface area contributed by atoms with Gasteiger partial charge in [0, 0.05) is 18.9 Å². The van der Waals surface area contributed by atoms with Crippen LogP contribution in [-0.4, -0.2) is 36.7 Å². The van der Waals surface area contributed by atoms with Gasteiger partial charge in [-0.3, -0.25) is 9.10 Å². The van der Waals surface area contributed by atoms with Crippen LogP contribution in [0, 0.1) is 13.8 Å². The van der Waals surface area contributed by atoms with Gasteiger partial charge in [-0.2, -0.15) is 0 Å². The Labute approximate surface area is 171 Å². The van der Waals surface area contributed by atoms with Gasteiger partial charge in [0.2, 0.25) is 15.9 Å². The van der Waals surface area contributed by atoms with Gasteiger partial charge in [-0.25, -0.2) is 13.4 Å². The van der Waals surface area contributed by atoms with Crippen LogP contribution in [0.2, 0.25) is 0 Å². The number of nitrogens with zero attached hydrogens (tertiary/aromatic N) is 3. The Hall–Kier alpha value is -3.13. The van der Waals surface area contributed by atoms with Gasteiger partial charge in [-0.15, -0.1) is 0 Å². The summed E-state index contributed by atoms with van der Waals surface area (Å²) in [6.07, 6.45) is 4.68. The second-order valence-corrected chi connectivity index (χ2v) is 8.71. The Morgan fingerprint density at radius 2 is 1.79 bits per heavy atom. The topological polar surface area (TPSA) is 84.3 Å². The first-order valence-electron chi connectivity index (χ1n) is 9.15. The Morgan fingerprint density at radius 3 is 2.45 bits per heavy atom. The van der Waals surface area contributed by atoms with Crippen LogP contribution in [0.5, 0.6) is 0 Å². The highest BCUT2D eigenvalue weighted by Crippen LogP contribution is 2.22. The highest BCUT2D eigenvalue weighted by atomic mass is 32.2. The van der Waals surface area contributed by atoms with Gasteiger partial charge < -0.3 is 9.88 Å². The van der Waals surface area contributed by atoms with Gasteiger partial charge in [-0.1, -0.05) is 36.4 Å². The number of sulfonamides is 1. The number of benzene rings is 2. The zero-order valence-corrected chi connectivity index (χ0v) is 17.5. The number of aryl methyl sites for hydroxylation is 2. The van der Waals surface area contributed by atoms with Crippen LogP contribution < -0.4 is 9.62 Å². The lowest BCUT2D eigenvalue weighted by molar-refractivity contribution is -0.119. The number of amides is 1. The van der Waals surface area contributed by atoms with Gasteiger partial charge in [0.25, 0.3) is 0 Å². The zero-order valence-electron chi connectivity index (χ0n) is 16.7. The Kier molecular flexibility index (Phi) is 6.03. The predicted molar refractivity (Wildman–Crippen MR) is 114 cm³/mol. The summed E-state index contributed by atoms with van der Waals surface area (Å²) >= 11 is 0. The summed E-state index contributed by atoms with van der Waals surface area (Å²) in [6, 6.07) is 14.8. The first-order valence-corrected chi connectivity index (χ1v) is 11.0. The molecule has 0 atom stereocenters. The molecule has 3 rings (SSSR count). The first-order chi connectivity index (χ1) is 13.8. The molecule has 1 aromatic heterocycles. The second kappa shape index (κ2) is 8.48. The van der Waals surface area contributed by atoms with Gasteiger partial charge in [-0.05, 0) is 37.1 Å². The molecule has 0 unspecified atom stereocenters. The van der Waals surface area contributed by atoms with Crippen molar-refractivity contribution < 1.29 is 13.2 Å². The number of carbonyl (C=O) groups is 1. The van der Waals surface area contributed by atoms with E-state index in [2.05, 4.69) is 10.3 Å². The molecule has 8 heteroatoms. The number of para-hydroxylation sites is 2. The van der Waals surface area contributed by atoms with E-state index in [9.17, 15) is 13.2 Å². The van der Waals surface area contributed by atoms with Crippen LogP contribution in [0.1, 0.15) is 17.0 Å². The molecule has 0 fully saturated rings. The quantitative estimate of drug-likeness (QED) is 0.646. The van der Waals surface area contributed by atoms with E-state index in [1.807, 2.05) is 61.0 Å². The van der Waals surface area contributed by atoms with E-state index in [-0.39, 0.29) is 19.0 Å². The van der Waals surface area contributed by atoms with Gasteiger partial charge in [0.05, 0.1) is 17.6 Å². The SMILES string of the molecule is Cc1ccccc1N(CC(=O)NCc1ccccc1-n1ccnc1C)S(C)(=O)=O. The molecular weight excluding hydrogens is 388 g/mol. The van der Waals surface area contributed by atoms with Crippen molar-refractivity contribution in [3.05, 3.63) is 77.9 Å². The third-order valence-corrected chi connectivity index (χ3v) is 5.75. The Bertz CT molecular complexity index is 1120. The maximum Gasteiger partial charge on any atom is 0.241 e.